The minimum absolute atomic E-state index is 0.462. The molecule has 0 saturated carbocycles. The van der Waals surface area contributed by atoms with Crippen LogP contribution in [0.15, 0.2) is 59.7 Å². The number of hydrogen-bond donors (Lipinski definition) is 1. The van der Waals surface area contributed by atoms with Crippen molar-refractivity contribution in [2.45, 2.75) is 6.42 Å². The first-order valence-electron chi connectivity index (χ1n) is 6.72. The van der Waals surface area contributed by atoms with Gasteiger partial charge < -0.3 is 0 Å². The minimum atomic E-state index is 0.462. The highest BCUT2D eigenvalue weighted by atomic mass is 35.5. The lowest BCUT2D eigenvalue weighted by Gasteiger charge is -2.01. The number of aromatic nitrogens is 3. The van der Waals surface area contributed by atoms with Crippen molar-refractivity contribution in [3.63, 3.8) is 0 Å². The highest BCUT2D eigenvalue weighted by Crippen LogP contribution is 2.10. The number of hydrogen-bond acceptors (Lipinski definition) is 3. The van der Waals surface area contributed by atoms with E-state index in [2.05, 4.69) is 15.3 Å². The number of H-pyrrole nitrogens is 1. The second kappa shape index (κ2) is 6.68. The molecule has 0 aliphatic carbocycles. The van der Waals surface area contributed by atoms with Crippen LogP contribution in [0.1, 0.15) is 17.0 Å². The van der Waals surface area contributed by atoms with Crippen LogP contribution < -0.4 is 0 Å². The highest BCUT2D eigenvalue weighted by Gasteiger charge is 2.05. The summed E-state index contributed by atoms with van der Waals surface area (Å²) in [6, 6.07) is 17.5. The molecule has 0 bridgehead atoms. The topological polar surface area (TPSA) is 46.0 Å². The Bertz CT molecular complexity index is 852. The molecule has 0 saturated heterocycles. The van der Waals surface area contributed by atoms with Gasteiger partial charge in [0.25, 0.3) is 0 Å². The number of rotatable bonds is 4. The lowest BCUT2D eigenvalue weighted by molar-refractivity contribution is 0.792. The molecule has 0 aliphatic heterocycles. The Hall–Kier alpha value is -2.24. The smallest absolute Gasteiger partial charge is 0.216 e. The molecule has 0 spiro atoms. The van der Waals surface area contributed by atoms with E-state index in [1.54, 1.807) is 10.9 Å². The van der Waals surface area contributed by atoms with Gasteiger partial charge in [0.05, 0.1) is 6.21 Å². The minimum Gasteiger partial charge on any atom is -0.250 e. The molecular formula is C16H13ClN4S. The van der Waals surface area contributed by atoms with E-state index in [1.807, 2.05) is 54.6 Å². The maximum Gasteiger partial charge on any atom is 0.216 e. The molecule has 6 heteroatoms. The van der Waals surface area contributed by atoms with Crippen molar-refractivity contribution in [2.75, 3.05) is 0 Å². The van der Waals surface area contributed by atoms with Crippen LogP contribution in [0.4, 0.5) is 0 Å². The van der Waals surface area contributed by atoms with Gasteiger partial charge in [-0.2, -0.15) is 14.9 Å². The molecule has 1 N–H and O–H groups in total. The second-order valence-electron chi connectivity index (χ2n) is 4.72. The van der Waals surface area contributed by atoms with Crippen LogP contribution in [0, 0.1) is 4.77 Å². The van der Waals surface area contributed by atoms with Crippen LogP contribution in [0.25, 0.3) is 0 Å². The monoisotopic (exact) mass is 328 g/mol. The van der Waals surface area contributed by atoms with Gasteiger partial charge in [0, 0.05) is 11.4 Å². The van der Waals surface area contributed by atoms with Gasteiger partial charge >= 0.3 is 0 Å². The van der Waals surface area contributed by atoms with Gasteiger partial charge in [-0.25, -0.2) is 0 Å². The van der Waals surface area contributed by atoms with Crippen LogP contribution in [0.2, 0.25) is 5.02 Å². The third-order valence-electron chi connectivity index (χ3n) is 3.09. The lowest BCUT2D eigenvalue weighted by Crippen LogP contribution is -2.00. The normalized spacial score (nSPS) is 11.1. The summed E-state index contributed by atoms with van der Waals surface area (Å²) in [5.41, 5.74) is 2.05. The average molecular weight is 329 g/mol. The predicted molar refractivity (Wildman–Crippen MR) is 91.1 cm³/mol. The fourth-order valence-electron chi connectivity index (χ4n) is 2.05. The van der Waals surface area contributed by atoms with Crippen LogP contribution >= 0.6 is 23.8 Å². The fraction of sp³-hybridized carbons (Fsp3) is 0.0625. The van der Waals surface area contributed by atoms with Crippen molar-refractivity contribution < 1.29 is 0 Å². The van der Waals surface area contributed by atoms with E-state index < -0.39 is 0 Å². The first-order chi connectivity index (χ1) is 10.7. The number of nitrogens with zero attached hydrogens (tertiary/aromatic N) is 3. The Kier molecular flexibility index (Phi) is 4.46. The molecule has 3 rings (SSSR count). The van der Waals surface area contributed by atoms with E-state index in [9.17, 15) is 0 Å². The molecule has 0 atom stereocenters. The maximum atomic E-state index is 5.97. The van der Waals surface area contributed by atoms with Crippen molar-refractivity contribution in [1.29, 1.82) is 0 Å². The Morgan fingerprint density at radius 3 is 2.77 bits per heavy atom. The zero-order chi connectivity index (χ0) is 15.4. The quantitative estimate of drug-likeness (QED) is 0.579. The van der Waals surface area contributed by atoms with Gasteiger partial charge in [0.15, 0.2) is 5.82 Å². The molecule has 0 amide bonds. The van der Waals surface area contributed by atoms with E-state index in [1.165, 1.54) is 0 Å². The molecule has 4 nitrogen and oxygen atoms in total. The summed E-state index contributed by atoms with van der Waals surface area (Å²) in [6.07, 6.45) is 2.37. The second-order valence-corrected chi connectivity index (χ2v) is 5.54. The van der Waals surface area contributed by atoms with Gasteiger partial charge in [-0.3, -0.25) is 5.10 Å². The van der Waals surface area contributed by atoms with Gasteiger partial charge in [0.1, 0.15) is 0 Å². The van der Waals surface area contributed by atoms with E-state index in [0.717, 1.165) is 17.0 Å². The number of aromatic amines is 1. The average Bonchev–Trinajstić information content (AvgIpc) is 2.87. The van der Waals surface area contributed by atoms with Gasteiger partial charge in [0.2, 0.25) is 4.77 Å². The van der Waals surface area contributed by atoms with Gasteiger partial charge in [-0.15, -0.1) is 0 Å². The van der Waals surface area contributed by atoms with Crippen LogP contribution in [-0.2, 0) is 6.42 Å². The Morgan fingerprint density at radius 2 is 2.00 bits per heavy atom. The van der Waals surface area contributed by atoms with E-state index in [-0.39, 0.29) is 0 Å². The summed E-state index contributed by atoms with van der Waals surface area (Å²) in [4.78, 5) is 0. The molecule has 0 radical (unpaired) electrons. The summed E-state index contributed by atoms with van der Waals surface area (Å²) < 4.78 is 2.09. The van der Waals surface area contributed by atoms with Crippen molar-refractivity contribution in [3.8, 4) is 0 Å². The molecule has 1 heterocycles. The van der Waals surface area contributed by atoms with Crippen LogP contribution in [-0.4, -0.2) is 21.1 Å². The zero-order valence-electron chi connectivity index (χ0n) is 11.6. The van der Waals surface area contributed by atoms with E-state index in [0.29, 0.717) is 16.2 Å². The molecule has 0 aliphatic rings. The Morgan fingerprint density at radius 1 is 1.18 bits per heavy atom. The van der Waals surface area contributed by atoms with Crippen LogP contribution in [0.3, 0.4) is 0 Å². The van der Waals surface area contributed by atoms with Crippen LogP contribution in [0.5, 0.6) is 0 Å². The molecule has 2 aromatic carbocycles. The molecule has 3 aromatic rings. The molecular weight excluding hydrogens is 316 g/mol. The Labute approximate surface area is 138 Å². The molecule has 22 heavy (non-hydrogen) atoms. The third kappa shape index (κ3) is 3.50. The SMILES string of the molecule is S=c1[nH]nc(Cc2ccccc2)n1/N=C\c1cccc(Cl)c1. The van der Waals surface area contributed by atoms with Crippen molar-refractivity contribution >= 4 is 30.0 Å². The fourth-order valence-corrected chi connectivity index (χ4v) is 2.44. The summed E-state index contributed by atoms with van der Waals surface area (Å²) in [6.45, 7) is 0. The first-order valence-corrected chi connectivity index (χ1v) is 7.51. The predicted octanol–water partition coefficient (Wildman–Crippen LogP) is 4.07. The summed E-state index contributed by atoms with van der Waals surface area (Å²) in [5, 5.41) is 12.1. The van der Waals surface area contributed by atoms with Crippen molar-refractivity contribution in [3.05, 3.63) is 81.3 Å². The number of nitrogens with one attached hydrogen (secondary N) is 1. The maximum absolute atomic E-state index is 5.97. The van der Waals surface area contributed by atoms with Crippen molar-refractivity contribution in [2.24, 2.45) is 5.10 Å². The largest absolute Gasteiger partial charge is 0.250 e. The summed E-state index contributed by atoms with van der Waals surface area (Å²) >= 11 is 11.2. The molecule has 0 unspecified atom stereocenters. The molecule has 110 valence electrons. The molecule has 1 aromatic heterocycles. The first kappa shape index (κ1) is 14.7. The third-order valence-corrected chi connectivity index (χ3v) is 3.59. The standard InChI is InChI=1S/C16H13ClN4S/c17-14-8-4-7-13(9-14)11-18-21-15(19-20-16(21)22)10-12-5-2-1-3-6-12/h1-9,11H,10H2,(H,20,22)/b18-11-. The van der Waals surface area contributed by atoms with Crippen molar-refractivity contribution in [1.82, 2.24) is 14.9 Å². The number of halogens is 1. The lowest BCUT2D eigenvalue weighted by atomic mass is 10.1. The summed E-state index contributed by atoms with van der Waals surface area (Å²) in [5.74, 6) is 0.759. The summed E-state index contributed by atoms with van der Waals surface area (Å²) in [7, 11) is 0. The molecule has 0 fully saturated rings. The van der Waals surface area contributed by atoms with Gasteiger partial charge in [-0.1, -0.05) is 54.1 Å². The van der Waals surface area contributed by atoms with E-state index in [4.69, 9.17) is 23.8 Å². The van der Waals surface area contributed by atoms with E-state index >= 15 is 0 Å². The zero-order valence-corrected chi connectivity index (χ0v) is 13.2. The number of benzene rings is 2. The Balaban J connectivity index is 1.88. The van der Waals surface area contributed by atoms with Gasteiger partial charge in [-0.05, 0) is 35.5 Å². The highest BCUT2D eigenvalue weighted by molar-refractivity contribution is 7.71.